The van der Waals surface area contributed by atoms with Crippen molar-refractivity contribution in [3.05, 3.63) is 12.2 Å². The minimum absolute atomic E-state index is 0.0928. The number of aliphatic hydroxyl groups is 4. The van der Waals surface area contributed by atoms with E-state index in [1.165, 1.54) is 0 Å². The highest BCUT2D eigenvalue weighted by molar-refractivity contribution is 6.04. The molecule has 8 atom stereocenters. The Morgan fingerprint density at radius 3 is 2.40 bits per heavy atom. The van der Waals surface area contributed by atoms with Crippen molar-refractivity contribution < 1.29 is 25.2 Å². The summed E-state index contributed by atoms with van der Waals surface area (Å²) in [5.41, 5.74) is -1.91. The van der Waals surface area contributed by atoms with Crippen LogP contribution in [0.25, 0.3) is 0 Å². The number of rotatable bonds is 1. The first kappa shape index (κ1) is 17.7. The van der Waals surface area contributed by atoms with Gasteiger partial charge in [0.15, 0.2) is 5.78 Å². The van der Waals surface area contributed by atoms with Gasteiger partial charge in [-0.05, 0) is 54.9 Å². The predicted molar refractivity (Wildman–Crippen MR) is 91.5 cm³/mol. The molecular weight excluding hydrogens is 320 g/mol. The predicted octanol–water partition coefficient (Wildman–Crippen LogP) is 1.04. The highest BCUT2D eigenvalue weighted by atomic mass is 16.3. The molecule has 4 aliphatic carbocycles. The van der Waals surface area contributed by atoms with Gasteiger partial charge in [-0.2, -0.15) is 0 Å². The summed E-state index contributed by atoms with van der Waals surface area (Å²) in [5, 5.41) is 43.7. The maximum absolute atomic E-state index is 13.2. The Balaban J connectivity index is 1.94. The van der Waals surface area contributed by atoms with E-state index in [4.69, 9.17) is 0 Å². The van der Waals surface area contributed by atoms with Gasteiger partial charge >= 0.3 is 0 Å². The number of hydrogen-bond acceptors (Lipinski definition) is 5. The molecule has 4 aliphatic rings. The second-order valence-electron chi connectivity index (χ2n) is 9.59. The number of Topliss-reactive ketones (excluding diaryl/α,β-unsaturated/α-hetero) is 1. The Hall–Kier alpha value is -0.750. The monoisotopic (exact) mass is 350 g/mol. The molecule has 4 rings (SSSR count). The summed E-state index contributed by atoms with van der Waals surface area (Å²) in [5.74, 6) is -1.07. The molecule has 0 unspecified atom stereocenters. The van der Waals surface area contributed by atoms with Crippen LogP contribution >= 0.6 is 0 Å². The molecule has 4 fully saturated rings. The molecule has 0 amide bonds. The summed E-state index contributed by atoms with van der Waals surface area (Å²) < 4.78 is 0. The molecule has 25 heavy (non-hydrogen) atoms. The fourth-order valence-electron chi connectivity index (χ4n) is 7.35. The van der Waals surface area contributed by atoms with Crippen molar-refractivity contribution in [3.63, 3.8) is 0 Å². The van der Waals surface area contributed by atoms with Gasteiger partial charge in [0.1, 0.15) is 0 Å². The zero-order valence-electron chi connectivity index (χ0n) is 15.1. The van der Waals surface area contributed by atoms with Gasteiger partial charge in [-0.1, -0.05) is 20.4 Å². The summed E-state index contributed by atoms with van der Waals surface area (Å²) in [7, 11) is 0. The van der Waals surface area contributed by atoms with Crippen LogP contribution in [0.5, 0.6) is 0 Å². The normalized spacial score (nSPS) is 54.2. The highest BCUT2D eigenvalue weighted by Crippen LogP contribution is 2.70. The van der Waals surface area contributed by atoms with Gasteiger partial charge in [-0.3, -0.25) is 4.79 Å². The number of ketones is 1. The first-order chi connectivity index (χ1) is 11.7. The largest absolute Gasteiger partial charge is 0.396 e. The molecule has 0 radical (unpaired) electrons. The maximum atomic E-state index is 13.2. The molecule has 1 spiro atoms. The average molecular weight is 350 g/mol. The van der Waals surface area contributed by atoms with Crippen LogP contribution in [-0.4, -0.2) is 51.1 Å². The van der Waals surface area contributed by atoms with Crippen molar-refractivity contribution in [2.75, 3.05) is 6.61 Å². The van der Waals surface area contributed by atoms with Crippen LogP contribution in [0, 0.1) is 34.0 Å². The second kappa shape index (κ2) is 5.16. The van der Waals surface area contributed by atoms with E-state index in [1.807, 2.05) is 0 Å². The molecular formula is C20H30O5. The van der Waals surface area contributed by atoms with E-state index in [9.17, 15) is 25.2 Å². The summed E-state index contributed by atoms with van der Waals surface area (Å²) in [4.78, 5) is 13.2. The lowest BCUT2D eigenvalue weighted by Crippen LogP contribution is -2.71. The molecule has 4 N–H and O–H groups in total. The topological polar surface area (TPSA) is 98.0 Å². The molecule has 5 heteroatoms. The van der Waals surface area contributed by atoms with Crippen LogP contribution in [-0.2, 0) is 4.79 Å². The molecule has 0 saturated heterocycles. The zero-order chi connectivity index (χ0) is 18.4. The molecule has 0 heterocycles. The van der Waals surface area contributed by atoms with Crippen LogP contribution in [0.3, 0.4) is 0 Å². The van der Waals surface area contributed by atoms with Crippen molar-refractivity contribution in [1.82, 2.24) is 0 Å². The van der Waals surface area contributed by atoms with E-state index in [-0.39, 0.29) is 29.6 Å². The lowest BCUT2D eigenvalue weighted by molar-refractivity contribution is -0.267. The Labute approximate surface area is 148 Å². The molecule has 4 saturated carbocycles. The van der Waals surface area contributed by atoms with Gasteiger partial charge in [0, 0.05) is 11.3 Å². The van der Waals surface area contributed by atoms with Crippen molar-refractivity contribution in [3.8, 4) is 0 Å². The van der Waals surface area contributed by atoms with E-state index < -0.39 is 35.1 Å². The third kappa shape index (κ3) is 1.76. The van der Waals surface area contributed by atoms with Gasteiger partial charge in [-0.15, -0.1) is 0 Å². The summed E-state index contributed by atoms with van der Waals surface area (Å²) in [6.07, 6.45) is 0.291. The maximum Gasteiger partial charge on any atom is 0.170 e. The molecule has 0 aromatic rings. The molecule has 0 aromatic heterocycles. The third-order valence-corrected chi connectivity index (χ3v) is 8.55. The molecule has 5 nitrogen and oxygen atoms in total. The van der Waals surface area contributed by atoms with Gasteiger partial charge in [0.25, 0.3) is 0 Å². The van der Waals surface area contributed by atoms with Crippen LogP contribution in [0.4, 0.5) is 0 Å². The molecule has 0 aromatic carbocycles. The smallest absolute Gasteiger partial charge is 0.170 e. The van der Waals surface area contributed by atoms with Crippen LogP contribution in [0.1, 0.15) is 46.0 Å². The highest BCUT2D eigenvalue weighted by Gasteiger charge is 2.76. The average Bonchev–Trinajstić information content (AvgIpc) is 2.68. The van der Waals surface area contributed by atoms with E-state index in [2.05, 4.69) is 20.4 Å². The number of hydrogen-bond donors (Lipinski definition) is 4. The van der Waals surface area contributed by atoms with Crippen LogP contribution in [0.2, 0.25) is 0 Å². The second-order valence-corrected chi connectivity index (χ2v) is 9.59. The standard InChI is InChI=1S/C20H30O5/c1-10-11-4-5-12-19(9-21)13(18(2,3)7-6-14(19)22)8-15(23)20(12,16(10)24)17(11)25/h11-15,17,21-23,25H,1,4-9H2,2-3H3/t11-,12-,13+,14-,15+,17-,19-,20-/m0/s1. The van der Waals surface area contributed by atoms with E-state index in [0.717, 1.165) is 6.42 Å². The lowest BCUT2D eigenvalue weighted by Gasteiger charge is -2.66. The summed E-state index contributed by atoms with van der Waals surface area (Å²) in [6.45, 7) is 7.92. The summed E-state index contributed by atoms with van der Waals surface area (Å²) >= 11 is 0. The first-order valence-corrected chi connectivity index (χ1v) is 9.54. The van der Waals surface area contributed by atoms with Crippen molar-refractivity contribution in [2.24, 2.45) is 34.0 Å². The van der Waals surface area contributed by atoms with E-state index >= 15 is 0 Å². The van der Waals surface area contributed by atoms with E-state index in [0.29, 0.717) is 31.3 Å². The minimum atomic E-state index is -1.31. The lowest BCUT2D eigenvalue weighted by atomic mass is 9.38. The van der Waals surface area contributed by atoms with E-state index in [1.54, 1.807) is 0 Å². The Bertz CT molecular complexity index is 628. The Kier molecular flexibility index (Phi) is 3.64. The number of fused-ring (bicyclic) bond motifs is 3. The Morgan fingerprint density at radius 2 is 1.76 bits per heavy atom. The SMILES string of the molecule is C=C1C(=O)[C@@]23[C@H](O)C[C@@H]4C(C)(C)CC[C@H](O)[C@@]4(CO)[C@@H]2CC[C@@H]1[C@@H]3O. The van der Waals surface area contributed by atoms with Crippen LogP contribution in [0.15, 0.2) is 12.2 Å². The number of aliphatic hydroxyl groups excluding tert-OH is 4. The number of carbonyl (C=O) groups excluding carboxylic acids is 1. The van der Waals surface area contributed by atoms with Crippen LogP contribution < -0.4 is 0 Å². The fourth-order valence-corrected chi connectivity index (χ4v) is 7.35. The quantitative estimate of drug-likeness (QED) is 0.530. The third-order valence-electron chi connectivity index (χ3n) is 8.55. The number of carbonyl (C=O) groups is 1. The summed E-state index contributed by atoms with van der Waals surface area (Å²) in [6, 6.07) is 0. The van der Waals surface area contributed by atoms with Gasteiger partial charge < -0.3 is 20.4 Å². The fraction of sp³-hybridized carbons (Fsp3) is 0.850. The molecule has 140 valence electrons. The van der Waals surface area contributed by atoms with Gasteiger partial charge in [-0.25, -0.2) is 0 Å². The molecule has 2 bridgehead atoms. The van der Waals surface area contributed by atoms with Gasteiger partial charge in [0.2, 0.25) is 0 Å². The molecule has 0 aliphatic heterocycles. The zero-order valence-corrected chi connectivity index (χ0v) is 15.1. The first-order valence-electron chi connectivity index (χ1n) is 9.54. The van der Waals surface area contributed by atoms with Crippen molar-refractivity contribution in [2.45, 2.75) is 64.3 Å². The minimum Gasteiger partial charge on any atom is -0.396 e. The Morgan fingerprint density at radius 1 is 1.08 bits per heavy atom. The van der Waals surface area contributed by atoms with Gasteiger partial charge in [0.05, 0.1) is 30.3 Å². The van der Waals surface area contributed by atoms with Crippen molar-refractivity contribution in [1.29, 1.82) is 0 Å². The van der Waals surface area contributed by atoms with Crippen molar-refractivity contribution >= 4 is 5.78 Å².